The van der Waals surface area contributed by atoms with Gasteiger partial charge in [-0.05, 0) is 30.7 Å². The number of hydrogen-bond donors (Lipinski definition) is 1. The smallest absolute Gasteiger partial charge is 0.323 e. The van der Waals surface area contributed by atoms with Crippen LogP contribution in [0.1, 0.15) is 12.5 Å². The predicted molar refractivity (Wildman–Crippen MR) is 99.4 cm³/mol. The zero-order chi connectivity index (χ0) is 17.9. The lowest BCUT2D eigenvalue weighted by molar-refractivity contribution is -0.140. The fourth-order valence-corrected chi connectivity index (χ4v) is 3.68. The standard InChI is InChI=1S/C15H14BrNO5S2/c1-3-22-11-6-9(16)8(4-10(11)21-2)5-12-14(20)17(7-13(18)19)15(23)24-12/h4-6H,3,7H2,1-2H3,(H,18,19)/b12-5+. The largest absolute Gasteiger partial charge is 0.493 e. The third-order valence-corrected chi connectivity index (χ3v) is 5.10. The first-order chi connectivity index (χ1) is 11.4. The summed E-state index contributed by atoms with van der Waals surface area (Å²) in [4.78, 5) is 24.6. The molecule has 0 bridgehead atoms. The van der Waals surface area contributed by atoms with Gasteiger partial charge >= 0.3 is 5.97 Å². The monoisotopic (exact) mass is 431 g/mol. The topological polar surface area (TPSA) is 76.1 Å². The van der Waals surface area contributed by atoms with Crippen molar-refractivity contribution in [3.05, 3.63) is 27.1 Å². The predicted octanol–water partition coefficient (Wildman–Crippen LogP) is 3.14. The number of aliphatic carboxylic acids is 1. The third-order valence-electron chi connectivity index (χ3n) is 3.04. The van der Waals surface area contributed by atoms with Crippen LogP contribution < -0.4 is 9.47 Å². The van der Waals surface area contributed by atoms with Gasteiger partial charge in [-0.1, -0.05) is 39.9 Å². The minimum Gasteiger partial charge on any atom is -0.493 e. The van der Waals surface area contributed by atoms with E-state index in [-0.39, 0.29) is 4.32 Å². The maximum Gasteiger partial charge on any atom is 0.323 e. The Kier molecular flexibility index (Phi) is 6.25. The molecule has 1 heterocycles. The summed E-state index contributed by atoms with van der Waals surface area (Å²) < 4.78 is 11.7. The van der Waals surface area contributed by atoms with Crippen molar-refractivity contribution in [3.63, 3.8) is 0 Å². The van der Waals surface area contributed by atoms with Crippen molar-refractivity contribution < 1.29 is 24.2 Å². The number of thioether (sulfide) groups is 1. The lowest BCUT2D eigenvalue weighted by atomic mass is 10.2. The van der Waals surface area contributed by atoms with Crippen molar-refractivity contribution in [1.82, 2.24) is 4.90 Å². The molecular weight excluding hydrogens is 418 g/mol. The number of methoxy groups -OCH3 is 1. The summed E-state index contributed by atoms with van der Waals surface area (Å²) in [5, 5.41) is 8.86. The van der Waals surface area contributed by atoms with Crippen LogP contribution in [0.4, 0.5) is 0 Å². The average Bonchev–Trinajstić information content (AvgIpc) is 2.77. The van der Waals surface area contributed by atoms with E-state index in [1.807, 2.05) is 6.92 Å². The molecule has 1 fully saturated rings. The van der Waals surface area contributed by atoms with Crippen molar-refractivity contribution in [2.24, 2.45) is 0 Å². The van der Waals surface area contributed by atoms with Gasteiger partial charge in [0.15, 0.2) is 11.5 Å². The van der Waals surface area contributed by atoms with E-state index in [4.69, 9.17) is 26.8 Å². The molecule has 9 heteroatoms. The van der Waals surface area contributed by atoms with Crippen molar-refractivity contribution in [2.75, 3.05) is 20.3 Å². The number of hydrogen-bond acceptors (Lipinski definition) is 6. The summed E-state index contributed by atoms with van der Waals surface area (Å²) in [6, 6.07) is 3.49. The van der Waals surface area contributed by atoms with Crippen LogP contribution in [-0.2, 0) is 9.59 Å². The van der Waals surface area contributed by atoms with Crippen LogP contribution in [0, 0.1) is 0 Å². The number of carboxylic acids is 1. The Morgan fingerprint density at radius 2 is 2.17 bits per heavy atom. The second-order valence-corrected chi connectivity index (χ2v) is 7.15. The number of carboxylic acid groups (broad SMARTS) is 1. The summed E-state index contributed by atoms with van der Waals surface area (Å²) in [6.07, 6.45) is 1.64. The summed E-state index contributed by atoms with van der Waals surface area (Å²) in [7, 11) is 1.53. The fraction of sp³-hybridized carbons (Fsp3) is 0.267. The lowest BCUT2D eigenvalue weighted by Gasteiger charge is -2.12. The minimum atomic E-state index is -1.11. The van der Waals surface area contributed by atoms with E-state index in [9.17, 15) is 9.59 Å². The Morgan fingerprint density at radius 1 is 1.46 bits per heavy atom. The number of amides is 1. The molecule has 1 aromatic carbocycles. The Hall–Kier alpha value is -1.58. The fourth-order valence-electron chi connectivity index (χ4n) is 2.00. The number of carbonyl (C=O) groups excluding carboxylic acids is 1. The maximum atomic E-state index is 12.3. The molecule has 1 aliphatic rings. The van der Waals surface area contributed by atoms with E-state index in [1.165, 1.54) is 7.11 Å². The van der Waals surface area contributed by atoms with Crippen LogP contribution in [0.5, 0.6) is 11.5 Å². The quantitative estimate of drug-likeness (QED) is 0.547. The molecule has 2 rings (SSSR count). The van der Waals surface area contributed by atoms with Gasteiger partial charge < -0.3 is 14.6 Å². The highest BCUT2D eigenvalue weighted by Gasteiger charge is 2.33. The molecule has 128 valence electrons. The van der Waals surface area contributed by atoms with Gasteiger partial charge in [0.2, 0.25) is 0 Å². The maximum absolute atomic E-state index is 12.3. The van der Waals surface area contributed by atoms with E-state index in [0.29, 0.717) is 28.6 Å². The van der Waals surface area contributed by atoms with E-state index >= 15 is 0 Å². The molecule has 6 nitrogen and oxygen atoms in total. The second-order valence-electron chi connectivity index (χ2n) is 4.62. The van der Waals surface area contributed by atoms with E-state index in [1.54, 1.807) is 18.2 Å². The van der Waals surface area contributed by atoms with Gasteiger partial charge in [0.05, 0.1) is 18.6 Å². The SMILES string of the molecule is CCOc1cc(Br)c(/C=C2/SC(=S)N(CC(=O)O)C2=O)cc1OC. The van der Waals surface area contributed by atoms with E-state index in [0.717, 1.165) is 21.1 Å². The van der Waals surface area contributed by atoms with Gasteiger partial charge in [-0.25, -0.2) is 0 Å². The number of rotatable bonds is 6. The molecule has 0 aliphatic carbocycles. The van der Waals surface area contributed by atoms with Gasteiger partial charge in [-0.2, -0.15) is 0 Å². The van der Waals surface area contributed by atoms with Crippen LogP contribution in [0.25, 0.3) is 6.08 Å². The normalized spacial score (nSPS) is 16.0. The number of thiocarbonyl (C=S) groups is 1. The second kappa shape index (κ2) is 8.00. The highest BCUT2D eigenvalue weighted by atomic mass is 79.9. The molecule has 1 N–H and O–H groups in total. The highest BCUT2D eigenvalue weighted by molar-refractivity contribution is 9.10. The van der Waals surface area contributed by atoms with Gasteiger partial charge in [0, 0.05) is 4.47 Å². The molecule has 0 spiro atoms. The summed E-state index contributed by atoms with van der Waals surface area (Å²) in [5.41, 5.74) is 0.700. The first-order valence-corrected chi connectivity index (χ1v) is 8.86. The molecule has 0 unspecified atom stereocenters. The first-order valence-electron chi connectivity index (χ1n) is 6.84. The van der Waals surface area contributed by atoms with Crippen LogP contribution in [0.2, 0.25) is 0 Å². The van der Waals surface area contributed by atoms with Crippen molar-refractivity contribution in [3.8, 4) is 11.5 Å². The van der Waals surface area contributed by atoms with Crippen molar-refractivity contribution >= 4 is 62.2 Å². The third kappa shape index (κ3) is 4.08. The molecule has 0 atom stereocenters. The average molecular weight is 432 g/mol. The van der Waals surface area contributed by atoms with E-state index in [2.05, 4.69) is 15.9 Å². The van der Waals surface area contributed by atoms with Crippen LogP contribution in [0.15, 0.2) is 21.5 Å². The molecule has 0 aromatic heterocycles. The number of carbonyl (C=O) groups is 2. The number of halogens is 1. The molecule has 1 aromatic rings. The summed E-state index contributed by atoms with van der Waals surface area (Å²) in [6.45, 7) is 1.92. The van der Waals surface area contributed by atoms with Crippen molar-refractivity contribution in [1.29, 1.82) is 0 Å². The molecule has 24 heavy (non-hydrogen) atoms. The van der Waals surface area contributed by atoms with Crippen LogP contribution in [0.3, 0.4) is 0 Å². The van der Waals surface area contributed by atoms with Gasteiger partial charge in [-0.15, -0.1) is 0 Å². The summed E-state index contributed by atoms with van der Waals surface area (Å²) >= 11 is 9.58. The highest BCUT2D eigenvalue weighted by Crippen LogP contribution is 2.38. The molecular formula is C15H14BrNO5S2. The van der Waals surface area contributed by atoms with Crippen LogP contribution in [-0.4, -0.2) is 46.5 Å². The van der Waals surface area contributed by atoms with Crippen molar-refractivity contribution in [2.45, 2.75) is 6.92 Å². The number of nitrogens with zero attached hydrogens (tertiary/aromatic N) is 1. The zero-order valence-electron chi connectivity index (χ0n) is 12.9. The molecule has 1 aliphatic heterocycles. The first kappa shape index (κ1) is 18.8. The Bertz CT molecular complexity index is 735. The molecule has 0 radical (unpaired) electrons. The Morgan fingerprint density at radius 3 is 2.75 bits per heavy atom. The summed E-state index contributed by atoms with van der Waals surface area (Å²) in [5.74, 6) is -0.418. The Balaban J connectivity index is 2.36. The zero-order valence-corrected chi connectivity index (χ0v) is 16.1. The van der Waals surface area contributed by atoms with Gasteiger partial charge in [0.25, 0.3) is 5.91 Å². The Labute approximate surface area is 156 Å². The molecule has 1 saturated heterocycles. The minimum absolute atomic E-state index is 0.225. The van der Waals surface area contributed by atoms with Crippen LogP contribution >= 0.6 is 39.9 Å². The van der Waals surface area contributed by atoms with Gasteiger partial charge in [0.1, 0.15) is 10.9 Å². The molecule has 1 amide bonds. The number of benzene rings is 1. The lowest BCUT2D eigenvalue weighted by Crippen LogP contribution is -2.33. The van der Waals surface area contributed by atoms with E-state index < -0.39 is 18.4 Å². The molecule has 0 saturated carbocycles. The van der Waals surface area contributed by atoms with Gasteiger partial charge in [-0.3, -0.25) is 14.5 Å². The number of ether oxygens (including phenoxy) is 2.